The van der Waals surface area contributed by atoms with Gasteiger partial charge in [-0.2, -0.15) is 10.2 Å². The number of imidazole rings is 1. The van der Waals surface area contributed by atoms with E-state index in [-0.39, 0.29) is 5.88 Å². The smallest absolute Gasteiger partial charge is 0.215 e. The van der Waals surface area contributed by atoms with Gasteiger partial charge in [0.2, 0.25) is 5.88 Å². The van der Waals surface area contributed by atoms with Crippen LogP contribution in [0.25, 0.3) is 16.9 Å². The van der Waals surface area contributed by atoms with Crippen LogP contribution in [0.2, 0.25) is 0 Å². The van der Waals surface area contributed by atoms with Gasteiger partial charge in [-0.15, -0.1) is 11.6 Å². The summed E-state index contributed by atoms with van der Waals surface area (Å²) in [5.74, 6) is 1.42. The Labute approximate surface area is 126 Å². The van der Waals surface area contributed by atoms with Gasteiger partial charge in [0.1, 0.15) is 11.3 Å². The topological polar surface area (TPSA) is 63.7 Å². The molecule has 3 rings (SSSR count). The summed E-state index contributed by atoms with van der Waals surface area (Å²) in [6, 6.07) is 12.9. The maximum atomic E-state index is 9.04. The number of hydrogen-bond acceptors (Lipinski definition) is 4. The van der Waals surface area contributed by atoms with E-state index >= 15 is 0 Å². The Balaban J connectivity index is 2.30. The third-order valence-electron chi connectivity index (χ3n) is 3.11. The van der Waals surface area contributed by atoms with Gasteiger partial charge in [-0.1, -0.05) is 6.07 Å². The number of benzene rings is 1. The summed E-state index contributed by atoms with van der Waals surface area (Å²) < 4.78 is 7.00. The highest BCUT2D eigenvalue weighted by molar-refractivity contribution is 6.16. The third-order valence-corrected chi connectivity index (χ3v) is 3.35. The maximum absolute atomic E-state index is 9.04. The van der Waals surface area contributed by atoms with Gasteiger partial charge in [0, 0.05) is 6.07 Å². The minimum absolute atomic E-state index is 0.245. The molecule has 0 unspecified atom stereocenters. The molecule has 0 N–H and O–H groups in total. The van der Waals surface area contributed by atoms with Gasteiger partial charge < -0.3 is 4.74 Å². The molecule has 104 valence electrons. The quantitative estimate of drug-likeness (QED) is 0.697. The predicted octanol–water partition coefficient (Wildman–Crippen LogP) is 3.04. The van der Waals surface area contributed by atoms with E-state index in [2.05, 4.69) is 16.0 Å². The highest BCUT2D eigenvalue weighted by Gasteiger charge is 2.14. The molecule has 6 heteroatoms. The lowest BCUT2D eigenvalue weighted by molar-refractivity contribution is 0.399. The SMILES string of the molecule is COc1ccc2nc(CCl)n(-c3cccc(C#N)c3)c2n1. The van der Waals surface area contributed by atoms with E-state index in [1.165, 1.54) is 0 Å². The molecular weight excluding hydrogens is 288 g/mol. The molecule has 0 aliphatic rings. The number of ether oxygens (including phenoxy) is 1. The second kappa shape index (κ2) is 5.43. The molecule has 3 aromatic rings. The van der Waals surface area contributed by atoms with Gasteiger partial charge in [0.15, 0.2) is 5.65 Å². The van der Waals surface area contributed by atoms with Crippen LogP contribution < -0.4 is 4.74 Å². The van der Waals surface area contributed by atoms with Crippen molar-refractivity contribution in [3.8, 4) is 17.6 Å². The van der Waals surface area contributed by atoms with Crippen LogP contribution in [0.15, 0.2) is 36.4 Å². The van der Waals surface area contributed by atoms with E-state index < -0.39 is 0 Å². The van der Waals surface area contributed by atoms with E-state index in [0.29, 0.717) is 22.9 Å². The summed E-state index contributed by atoms with van der Waals surface area (Å²) in [6.07, 6.45) is 0. The lowest BCUT2D eigenvalue weighted by Crippen LogP contribution is -2.01. The Hall–Kier alpha value is -2.58. The van der Waals surface area contributed by atoms with Crippen molar-refractivity contribution in [3.05, 3.63) is 47.8 Å². The summed E-state index contributed by atoms with van der Waals surface area (Å²) >= 11 is 5.99. The van der Waals surface area contributed by atoms with Gasteiger partial charge in [-0.25, -0.2) is 4.98 Å². The van der Waals surface area contributed by atoms with Crippen molar-refractivity contribution >= 4 is 22.8 Å². The Kier molecular flexibility index (Phi) is 3.46. The number of fused-ring (bicyclic) bond motifs is 1. The Morgan fingerprint density at radius 3 is 2.86 bits per heavy atom. The van der Waals surface area contributed by atoms with Crippen molar-refractivity contribution in [2.75, 3.05) is 7.11 Å². The molecule has 21 heavy (non-hydrogen) atoms. The van der Waals surface area contributed by atoms with Crippen LogP contribution in [0, 0.1) is 11.3 Å². The van der Waals surface area contributed by atoms with Crippen LogP contribution >= 0.6 is 11.6 Å². The number of nitriles is 1. The first kappa shape index (κ1) is 13.4. The van der Waals surface area contributed by atoms with Crippen LogP contribution in [-0.4, -0.2) is 21.6 Å². The molecule has 2 heterocycles. The molecule has 0 saturated carbocycles. The zero-order valence-corrected chi connectivity index (χ0v) is 12.0. The van der Waals surface area contributed by atoms with Crippen LogP contribution in [0.5, 0.6) is 5.88 Å². The first-order valence-corrected chi connectivity index (χ1v) is 6.79. The number of nitrogens with zero attached hydrogens (tertiary/aromatic N) is 4. The largest absolute Gasteiger partial charge is 0.481 e. The van der Waals surface area contributed by atoms with E-state index in [4.69, 9.17) is 21.6 Å². The summed E-state index contributed by atoms with van der Waals surface area (Å²) in [5, 5.41) is 9.04. The lowest BCUT2D eigenvalue weighted by Gasteiger charge is -2.07. The van der Waals surface area contributed by atoms with Crippen LogP contribution in [-0.2, 0) is 5.88 Å². The number of pyridine rings is 1. The molecule has 0 spiro atoms. The zero-order valence-electron chi connectivity index (χ0n) is 11.2. The Morgan fingerprint density at radius 2 is 2.14 bits per heavy atom. The molecule has 5 nitrogen and oxygen atoms in total. The highest BCUT2D eigenvalue weighted by Crippen LogP contribution is 2.23. The first-order chi connectivity index (χ1) is 10.3. The summed E-state index contributed by atoms with van der Waals surface area (Å²) in [5.41, 5.74) is 2.75. The van der Waals surface area contributed by atoms with E-state index in [9.17, 15) is 0 Å². The van der Waals surface area contributed by atoms with Gasteiger partial charge in [-0.05, 0) is 24.3 Å². The molecule has 0 fully saturated rings. The summed E-state index contributed by atoms with van der Waals surface area (Å²) in [4.78, 5) is 8.90. The van der Waals surface area contributed by atoms with E-state index in [1.54, 1.807) is 25.3 Å². The molecule has 0 aliphatic carbocycles. The maximum Gasteiger partial charge on any atom is 0.215 e. The Bertz CT molecular complexity index is 850. The van der Waals surface area contributed by atoms with Crippen molar-refractivity contribution in [1.82, 2.24) is 14.5 Å². The lowest BCUT2D eigenvalue weighted by atomic mass is 10.2. The third kappa shape index (κ3) is 2.30. The van der Waals surface area contributed by atoms with Crippen molar-refractivity contribution in [2.45, 2.75) is 5.88 Å². The zero-order chi connectivity index (χ0) is 14.8. The average Bonchev–Trinajstić information content (AvgIpc) is 2.92. The minimum atomic E-state index is 0.245. The molecule has 1 aromatic carbocycles. The summed E-state index contributed by atoms with van der Waals surface area (Å²) in [6.45, 7) is 0. The monoisotopic (exact) mass is 298 g/mol. The second-order valence-corrected chi connectivity index (χ2v) is 4.62. The van der Waals surface area contributed by atoms with Crippen LogP contribution in [0.4, 0.5) is 0 Å². The van der Waals surface area contributed by atoms with Gasteiger partial charge in [0.25, 0.3) is 0 Å². The predicted molar refractivity (Wildman–Crippen MR) is 79.7 cm³/mol. The number of alkyl halides is 1. The number of hydrogen-bond donors (Lipinski definition) is 0. The standard InChI is InChI=1S/C15H11ClN4O/c1-21-14-6-5-12-15(19-14)20(13(8-16)18-12)11-4-2-3-10(7-11)9-17/h2-7H,8H2,1H3. The molecule has 0 aliphatic heterocycles. The fraction of sp³-hybridized carbons (Fsp3) is 0.133. The van der Waals surface area contributed by atoms with Crippen LogP contribution in [0.1, 0.15) is 11.4 Å². The second-order valence-electron chi connectivity index (χ2n) is 4.36. The molecule has 2 aromatic heterocycles. The Morgan fingerprint density at radius 1 is 1.29 bits per heavy atom. The molecule has 0 amide bonds. The van der Waals surface area contributed by atoms with Gasteiger partial charge >= 0.3 is 0 Å². The van der Waals surface area contributed by atoms with Crippen molar-refractivity contribution in [3.63, 3.8) is 0 Å². The normalized spacial score (nSPS) is 10.5. The summed E-state index contributed by atoms with van der Waals surface area (Å²) in [7, 11) is 1.56. The van der Waals surface area contributed by atoms with Gasteiger partial charge in [-0.3, -0.25) is 4.57 Å². The van der Waals surface area contributed by atoms with E-state index in [0.717, 1.165) is 11.2 Å². The van der Waals surface area contributed by atoms with Gasteiger partial charge in [0.05, 0.1) is 30.3 Å². The van der Waals surface area contributed by atoms with E-state index in [1.807, 2.05) is 22.8 Å². The number of aromatic nitrogens is 3. The molecule has 0 saturated heterocycles. The fourth-order valence-electron chi connectivity index (χ4n) is 2.18. The number of rotatable bonds is 3. The highest BCUT2D eigenvalue weighted by atomic mass is 35.5. The molecule has 0 radical (unpaired) electrons. The number of halogens is 1. The van der Waals surface area contributed by atoms with Crippen LogP contribution in [0.3, 0.4) is 0 Å². The van der Waals surface area contributed by atoms with Crippen molar-refractivity contribution in [2.24, 2.45) is 0 Å². The van der Waals surface area contributed by atoms with Crippen molar-refractivity contribution in [1.29, 1.82) is 5.26 Å². The first-order valence-electron chi connectivity index (χ1n) is 6.25. The van der Waals surface area contributed by atoms with Crippen molar-refractivity contribution < 1.29 is 4.74 Å². The molecule has 0 atom stereocenters. The number of methoxy groups -OCH3 is 1. The minimum Gasteiger partial charge on any atom is -0.481 e. The average molecular weight is 299 g/mol. The fourth-order valence-corrected chi connectivity index (χ4v) is 2.36. The molecule has 0 bridgehead atoms. The molecular formula is C15H11ClN4O.